The Morgan fingerprint density at radius 3 is 2.67 bits per heavy atom. The van der Waals surface area contributed by atoms with Crippen LogP contribution >= 0.6 is 0 Å². The van der Waals surface area contributed by atoms with Crippen molar-refractivity contribution < 1.29 is 18.9 Å². The van der Waals surface area contributed by atoms with E-state index in [0.29, 0.717) is 0 Å². The van der Waals surface area contributed by atoms with Gasteiger partial charge in [0.15, 0.2) is 0 Å². The summed E-state index contributed by atoms with van der Waals surface area (Å²) in [6.07, 6.45) is 0. The highest BCUT2D eigenvalue weighted by Crippen LogP contribution is 2.16. The molecule has 1 aromatic carbocycles. The summed E-state index contributed by atoms with van der Waals surface area (Å²) < 4.78 is 13.3. The fourth-order valence-electron chi connectivity index (χ4n) is 1.15. The van der Waals surface area contributed by atoms with Crippen LogP contribution < -0.4 is 10.6 Å². The topological polar surface area (TPSA) is 101 Å². The molecule has 0 aliphatic rings. The van der Waals surface area contributed by atoms with E-state index in [0.717, 1.165) is 18.2 Å². The van der Waals surface area contributed by atoms with Crippen molar-refractivity contribution in [2.75, 3.05) is 13.6 Å². The second-order valence-corrected chi connectivity index (χ2v) is 3.28. The van der Waals surface area contributed by atoms with Gasteiger partial charge < -0.3 is 10.6 Å². The Kier molecular flexibility index (Phi) is 4.30. The van der Waals surface area contributed by atoms with E-state index in [2.05, 4.69) is 10.6 Å². The van der Waals surface area contributed by atoms with Crippen LogP contribution in [0.25, 0.3) is 0 Å². The summed E-state index contributed by atoms with van der Waals surface area (Å²) in [4.78, 5) is 32.1. The maximum Gasteiger partial charge on any atom is 0.270 e. The zero-order chi connectivity index (χ0) is 13.7. The van der Waals surface area contributed by atoms with Gasteiger partial charge in [0.1, 0.15) is 5.82 Å². The third-order valence-corrected chi connectivity index (χ3v) is 2.09. The largest absolute Gasteiger partial charge is 0.358 e. The third-order valence-electron chi connectivity index (χ3n) is 2.09. The molecule has 2 amide bonds. The first-order valence-electron chi connectivity index (χ1n) is 4.88. The monoisotopic (exact) mass is 255 g/mol. The molecule has 0 saturated carbocycles. The molecule has 0 saturated heterocycles. The molecule has 96 valence electrons. The molecule has 18 heavy (non-hydrogen) atoms. The fraction of sp³-hybridized carbons (Fsp3) is 0.200. The van der Waals surface area contributed by atoms with E-state index in [1.807, 2.05) is 0 Å². The number of likely N-dealkylation sites (N-methyl/N-ethyl adjacent to an activating group) is 1. The van der Waals surface area contributed by atoms with Crippen LogP contribution in [0.4, 0.5) is 10.1 Å². The lowest BCUT2D eigenvalue weighted by molar-refractivity contribution is -0.384. The smallest absolute Gasteiger partial charge is 0.270 e. The van der Waals surface area contributed by atoms with Gasteiger partial charge in [-0.3, -0.25) is 19.7 Å². The van der Waals surface area contributed by atoms with Gasteiger partial charge in [-0.2, -0.15) is 0 Å². The number of carbonyl (C=O) groups is 2. The Morgan fingerprint density at radius 1 is 1.44 bits per heavy atom. The van der Waals surface area contributed by atoms with E-state index in [1.165, 1.54) is 7.05 Å². The summed E-state index contributed by atoms with van der Waals surface area (Å²) in [5, 5.41) is 14.9. The van der Waals surface area contributed by atoms with Gasteiger partial charge in [-0.1, -0.05) is 0 Å². The molecule has 0 aliphatic carbocycles. The van der Waals surface area contributed by atoms with Gasteiger partial charge in [0, 0.05) is 19.2 Å². The predicted molar refractivity (Wildman–Crippen MR) is 59.5 cm³/mol. The highest BCUT2D eigenvalue weighted by molar-refractivity contribution is 5.97. The van der Waals surface area contributed by atoms with E-state index in [-0.39, 0.29) is 6.54 Å². The second kappa shape index (κ2) is 5.71. The van der Waals surface area contributed by atoms with Crippen LogP contribution in [0.1, 0.15) is 10.4 Å². The zero-order valence-corrected chi connectivity index (χ0v) is 9.40. The van der Waals surface area contributed by atoms with Crippen LogP contribution in [0, 0.1) is 15.9 Å². The number of amides is 2. The summed E-state index contributed by atoms with van der Waals surface area (Å²) in [6.45, 7) is -0.336. The number of carbonyl (C=O) groups excluding carboxylic acids is 2. The van der Waals surface area contributed by atoms with E-state index in [9.17, 15) is 24.1 Å². The van der Waals surface area contributed by atoms with Crippen LogP contribution in [0.5, 0.6) is 0 Å². The number of non-ortho nitro benzene ring substituents is 1. The number of halogens is 1. The number of benzene rings is 1. The first-order valence-corrected chi connectivity index (χ1v) is 4.88. The maximum absolute atomic E-state index is 13.3. The molecule has 0 aromatic heterocycles. The fourth-order valence-corrected chi connectivity index (χ4v) is 1.15. The molecule has 0 fully saturated rings. The minimum absolute atomic E-state index is 0.336. The van der Waals surface area contributed by atoms with Gasteiger partial charge in [0.25, 0.3) is 11.6 Å². The SMILES string of the molecule is CNC(=O)CNC(=O)c1cc([N+](=O)[O-])ccc1F. The van der Waals surface area contributed by atoms with Gasteiger partial charge >= 0.3 is 0 Å². The molecule has 0 bridgehead atoms. The number of nitro groups is 1. The minimum Gasteiger partial charge on any atom is -0.358 e. The number of hydrogen-bond donors (Lipinski definition) is 2. The summed E-state index contributed by atoms with van der Waals surface area (Å²) in [7, 11) is 1.38. The van der Waals surface area contributed by atoms with Gasteiger partial charge in [0.2, 0.25) is 5.91 Å². The van der Waals surface area contributed by atoms with Crippen molar-refractivity contribution in [3.8, 4) is 0 Å². The van der Waals surface area contributed by atoms with E-state index >= 15 is 0 Å². The number of hydrogen-bond acceptors (Lipinski definition) is 4. The zero-order valence-electron chi connectivity index (χ0n) is 9.40. The molecule has 0 spiro atoms. The molecule has 1 rings (SSSR count). The molecule has 8 heteroatoms. The van der Waals surface area contributed by atoms with Crippen molar-refractivity contribution >= 4 is 17.5 Å². The van der Waals surface area contributed by atoms with Gasteiger partial charge in [-0.15, -0.1) is 0 Å². The quantitative estimate of drug-likeness (QED) is 0.593. The minimum atomic E-state index is -0.894. The Labute approximate surface area is 101 Å². The van der Waals surface area contributed by atoms with Gasteiger partial charge in [-0.05, 0) is 6.07 Å². The molecule has 0 unspecified atom stereocenters. The van der Waals surface area contributed by atoms with Crippen molar-refractivity contribution in [3.05, 3.63) is 39.7 Å². The van der Waals surface area contributed by atoms with Gasteiger partial charge in [0.05, 0.1) is 17.0 Å². The van der Waals surface area contributed by atoms with Gasteiger partial charge in [-0.25, -0.2) is 4.39 Å². The van der Waals surface area contributed by atoms with Crippen LogP contribution in [-0.2, 0) is 4.79 Å². The molecule has 0 radical (unpaired) electrons. The maximum atomic E-state index is 13.3. The lowest BCUT2D eigenvalue weighted by Crippen LogP contribution is -2.35. The summed E-state index contributed by atoms with van der Waals surface area (Å²) >= 11 is 0. The summed E-state index contributed by atoms with van der Waals surface area (Å²) in [6, 6.07) is 2.59. The van der Waals surface area contributed by atoms with E-state index < -0.39 is 33.8 Å². The highest BCUT2D eigenvalue weighted by Gasteiger charge is 2.17. The first kappa shape index (κ1) is 13.6. The number of nitrogens with one attached hydrogen (secondary N) is 2. The summed E-state index contributed by atoms with van der Waals surface area (Å²) in [5.41, 5.74) is -0.880. The average molecular weight is 255 g/mol. The van der Waals surface area contributed by atoms with E-state index in [1.54, 1.807) is 0 Å². The summed E-state index contributed by atoms with van der Waals surface area (Å²) in [5.74, 6) is -2.25. The third kappa shape index (κ3) is 3.24. The molecule has 0 heterocycles. The van der Waals surface area contributed by atoms with Crippen LogP contribution in [-0.4, -0.2) is 30.3 Å². The highest BCUT2D eigenvalue weighted by atomic mass is 19.1. The molecule has 1 aromatic rings. The standard InChI is InChI=1S/C10H10FN3O4/c1-12-9(15)5-13-10(16)7-4-6(14(17)18)2-3-8(7)11/h2-4H,5H2,1H3,(H,12,15)(H,13,16). The Bertz CT molecular complexity index is 504. The molecule has 0 aliphatic heterocycles. The number of nitro benzene ring substituents is 1. The lowest BCUT2D eigenvalue weighted by atomic mass is 10.1. The van der Waals surface area contributed by atoms with Crippen LogP contribution in [0.2, 0.25) is 0 Å². The first-order chi connectivity index (χ1) is 8.45. The number of rotatable bonds is 4. The van der Waals surface area contributed by atoms with Crippen molar-refractivity contribution in [2.45, 2.75) is 0 Å². The van der Waals surface area contributed by atoms with Crippen molar-refractivity contribution in [3.63, 3.8) is 0 Å². The normalized spacial score (nSPS) is 9.67. The van der Waals surface area contributed by atoms with Crippen LogP contribution in [0.3, 0.4) is 0 Å². The van der Waals surface area contributed by atoms with E-state index in [4.69, 9.17) is 0 Å². The predicted octanol–water partition coefficient (Wildman–Crippen LogP) is 0.210. The Morgan fingerprint density at radius 2 is 2.11 bits per heavy atom. The Hall–Kier alpha value is -2.51. The molecule has 2 N–H and O–H groups in total. The molecular formula is C10H10FN3O4. The van der Waals surface area contributed by atoms with Crippen LogP contribution in [0.15, 0.2) is 18.2 Å². The van der Waals surface area contributed by atoms with Crippen molar-refractivity contribution in [1.29, 1.82) is 0 Å². The molecular weight excluding hydrogens is 245 g/mol. The lowest BCUT2D eigenvalue weighted by Gasteiger charge is -2.05. The second-order valence-electron chi connectivity index (χ2n) is 3.28. The molecule has 7 nitrogen and oxygen atoms in total. The number of nitrogens with zero attached hydrogens (tertiary/aromatic N) is 1. The Balaban J connectivity index is 2.87. The average Bonchev–Trinajstić information content (AvgIpc) is 2.35. The van der Waals surface area contributed by atoms with Crippen molar-refractivity contribution in [2.24, 2.45) is 0 Å². The molecule has 0 atom stereocenters. The van der Waals surface area contributed by atoms with Crippen molar-refractivity contribution in [1.82, 2.24) is 10.6 Å².